The van der Waals surface area contributed by atoms with Gasteiger partial charge in [0.25, 0.3) is 0 Å². The van der Waals surface area contributed by atoms with E-state index in [0.717, 1.165) is 16.5 Å². The van der Waals surface area contributed by atoms with Gasteiger partial charge in [0.05, 0.1) is 6.33 Å². The second kappa shape index (κ2) is 5.55. The molecule has 7 heteroatoms. The monoisotopic (exact) mass is 332 g/mol. The van der Waals surface area contributed by atoms with E-state index >= 15 is 0 Å². The Morgan fingerprint density at radius 2 is 1.84 bits per heavy atom. The molecule has 2 heterocycles. The molecular formula is C18H16N6O. The van der Waals surface area contributed by atoms with Crippen molar-refractivity contribution in [1.29, 1.82) is 0 Å². The molecule has 2 aromatic carbocycles. The molecule has 4 rings (SSSR count). The summed E-state index contributed by atoms with van der Waals surface area (Å²) in [4.78, 5) is 30.4. The van der Waals surface area contributed by atoms with E-state index in [2.05, 4.69) is 19.9 Å². The first kappa shape index (κ1) is 15.1. The number of nitrogens with one attached hydrogen (secondary N) is 1. The highest BCUT2D eigenvalue weighted by Crippen LogP contribution is 2.29. The zero-order chi connectivity index (χ0) is 17.6. The van der Waals surface area contributed by atoms with E-state index in [9.17, 15) is 4.79 Å². The first-order valence-electron chi connectivity index (χ1n) is 7.76. The van der Waals surface area contributed by atoms with Crippen molar-refractivity contribution >= 4 is 39.2 Å². The fourth-order valence-electron chi connectivity index (χ4n) is 2.96. The highest BCUT2D eigenvalue weighted by Gasteiger charge is 2.19. The predicted molar refractivity (Wildman–Crippen MR) is 97.8 cm³/mol. The summed E-state index contributed by atoms with van der Waals surface area (Å²) in [6.07, 6.45) is 1.48. The lowest BCUT2D eigenvalue weighted by molar-refractivity contribution is 0.103. The molecule has 0 aliphatic heterocycles. The maximum Gasteiger partial charge on any atom is 0.231 e. The minimum absolute atomic E-state index is 0.0415. The second-order valence-corrected chi connectivity index (χ2v) is 5.93. The molecule has 4 aromatic rings. The summed E-state index contributed by atoms with van der Waals surface area (Å²) in [6.45, 7) is 0. The Bertz CT molecular complexity index is 1120. The van der Waals surface area contributed by atoms with E-state index < -0.39 is 0 Å². The zero-order valence-electron chi connectivity index (χ0n) is 13.8. The Morgan fingerprint density at radius 1 is 1.08 bits per heavy atom. The third-order valence-electron chi connectivity index (χ3n) is 4.14. The number of nitrogens with two attached hydrogens (primary N) is 1. The van der Waals surface area contributed by atoms with Gasteiger partial charge in [-0.3, -0.25) is 4.79 Å². The molecule has 0 amide bonds. The number of nitrogens with zero attached hydrogens (tertiary/aromatic N) is 4. The van der Waals surface area contributed by atoms with Crippen molar-refractivity contribution in [3.8, 4) is 0 Å². The van der Waals surface area contributed by atoms with Gasteiger partial charge in [0.1, 0.15) is 5.52 Å². The molecule has 0 aliphatic rings. The minimum atomic E-state index is -0.280. The summed E-state index contributed by atoms with van der Waals surface area (Å²) < 4.78 is 0. The largest absolute Gasteiger partial charge is 0.382 e. The second-order valence-electron chi connectivity index (χ2n) is 5.93. The highest BCUT2D eigenvalue weighted by atomic mass is 16.1. The van der Waals surface area contributed by atoms with Gasteiger partial charge in [0, 0.05) is 30.7 Å². The number of aromatic amines is 1. The Kier molecular flexibility index (Phi) is 3.35. The van der Waals surface area contributed by atoms with Crippen molar-refractivity contribution < 1.29 is 4.79 Å². The number of imidazole rings is 1. The van der Waals surface area contributed by atoms with Gasteiger partial charge in [0.15, 0.2) is 11.5 Å². The molecule has 0 aliphatic carbocycles. The van der Waals surface area contributed by atoms with Crippen LogP contribution >= 0.6 is 0 Å². The quantitative estimate of drug-likeness (QED) is 0.559. The van der Waals surface area contributed by atoms with Gasteiger partial charge in [-0.25, -0.2) is 15.0 Å². The van der Waals surface area contributed by atoms with E-state index in [-0.39, 0.29) is 17.4 Å². The summed E-state index contributed by atoms with van der Waals surface area (Å²) in [7, 11) is 3.94. The van der Waals surface area contributed by atoms with Crippen LogP contribution in [0.5, 0.6) is 0 Å². The Morgan fingerprint density at radius 3 is 2.64 bits per heavy atom. The molecule has 0 saturated carbocycles. The SMILES string of the molecule is CN(C)c1cccc2c(C(=O)c3nc(N)c4[nH]cnc4n3)cccc12. The molecule has 3 N–H and O–H groups in total. The zero-order valence-corrected chi connectivity index (χ0v) is 13.8. The summed E-state index contributed by atoms with van der Waals surface area (Å²) in [5.74, 6) is -0.0296. The van der Waals surface area contributed by atoms with Gasteiger partial charge in [-0.2, -0.15) is 0 Å². The van der Waals surface area contributed by atoms with Crippen LogP contribution in [0.2, 0.25) is 0 Å². The maximum atomic E-state index is 13.0. The number of hydrogen-bond donors (Lipinski definition) is 2. The predicted octanol–water partition coefficient (Wildman–Crippen LogP) is 2.39. The molecule has 0 atom stereocenters. The molecule has 0 saturated heterocycles. The lowest BCUT2D eigenvalue weighted by Crippen LogP contribution is -2.11. The number of benzene rings is 2. The van der Waals surface area contributed by atoms with Crippen molar-refractivity contribution in [2.75, 3.05) is 24.7 Å². The number of carbonyl (C=O) groups excluding carboxylic acids is 1. The van der Waals surface area contributed by atoms with E-state index in [1.54, 1.807) is 6.07 Å². The van der Waals surface area contributed by atoms with Gasteiger partial charge < -0.3 is 15.6 Å². The number of anilines is 2. The van der Waals surface area contributed by atoms with E-state index in [1.807, 2.05) is 49.3 Å². The normalized spacial score (nSPS) is 11.1. The van der Waals surface area contributed by atoms with Crippen LogP contribution in [0, 0.1) is 0 Å². The van der Waals surface area contributed by atoms with Gasteiger partial charge in [-0.15, -0.1) is 0 Å². The van der Waals surface area contributed by atoms with Crippen LogP contribution in [0.1, 0.15) is 16.2 Å². The Hall–Kier alpha value is -3.48. The van der Waals surface area contributed by atoms with Crippen molar-refractivity contribution in [3.05, 3.63) is 54.1 Å². The topological polar surface area (TPSA) is 101 Å². The average molecular weight is 332 g/mol. The van der Waals surface area contributed by atoms with Gasteiger partial charge in [-0.05, 0) is 11.5 Å². The highest BCUT2D eigenvalue weighted by molar-refractivity contribution is 6.16. The molecule has 0 unspecified atom stereocenters. The third kappa shape index (κ3) is 2.37. The summed E-state index contributed by atoms with van der Waals surface area (Å²) in [6, 6.07) is 11.5. The van der Waals surface area contributed by atoms with Gasteiger partial charge in [0.2, 0.25) is 11.6 Å². The van der Waals surface area contributed by atoms with Crippen LogP contribution in [0.4, 0.5) is 11.5 Å². The molecular weight excluding hydrogens is 316 g/mol. The number of carbonyl (C=O) groups is 1. The van der Waals surface area contributed by atoms with Gasteiger partial charge >= 0.3 is 0 Å². The molecule has 0 fully saturated rings. The number of ketones is 1. The van der Waals surface area contributed by atoms with Crippen LogP contribution in [-0.4, -0.2) is 39.8 Å². The van der Waals surface area contributed by atoms with Crippen molar-refractivity contribution in [2.24, 2.45) is 0 Å². The van der Waals surface area contributed by atoms with E-state index in [1.165, 1.54) is 6.33 Å². The lowest BCUT2D eigenvalue weighted by atomic mass is 9.99. The summed E-state index contributed by atoms with van der Waals surface area (Å²) >= 11 is 0. The smallest absolute Gasteiger partial charge is 0.231 e. The summed E-state index contributed by atoms with van der Waals surface area (Å²) in [5, 5.41) is 1.84. The molecule has 0 bridgehead atoms. The molecule has 0 radical (unpaired) electrons. The van der Waals surface area contributed by atoms with Crippen LogP contribution in [0.3, 0.4) is 0 Å². The van der Waals surface area contributed by atoms with Crippen molar-refractivity contribution in [1.82, 2.24) is 19.9 Å². The Labute approximate surface area is 143 Å². The van der Waals surface area contributed by atoms with E-state index in [0.29, 0.717) is 16.7 Å². The van der Waals surface area contributed by atoms with E-state index in [4.69, 9.17) is 5.73 Å². The number of nitrogen functional groups attached to an aromatic ring is 1. The average Bonchev–Trinajstić information content (AvgIpc) is 3.09. The van der Waals surface area contributed by atoms with Crippen molar-refractivity contribution in [2.45, 2.75) is 0 Å². The van der Waals surface area contributed by atoms with Crippen LogP contribution in [0.15, 0.2) is 42.7 Å². The van der Waals surface area contributed by atoms with Gasteiger partial charge in [-0.1, -0.05) is 30.3 Å². The summed E-state index contributed by atoms with van der Waals surface area (Å²) in [5.41, 5.74) is 8.40. The Balaban J connectivity index is 1.91. The number of H-pyrrole nitrogens is 1. The fraction of sp³-hybridized carbons (Fsp3) is 0.111. The standard InChI is InChI=1S/C18H16N6O/c1-24(2)13-8-4-5-10-11(13)6-3-7-12(10)15(25)18-22-16(19)14-17(23-18)21-9-20-14/h3-9H,1-2H3,(H3,19,20,21,22,23). The molecule has 0 spiro atoms. The van der Waals surface area contributed by atoms with Crippen LogP contribution < -0.4 is 10.6 Å². The number of fused-ring (bicyclic) bond motifs is 2. The minimum Gasteiger partial charge on any atom is -0.382 e. The number of aromatic nitrogens is 4. The lowest BCUT2D eigenvalue weighted by Gasteiger charge is -2.16. The third-order valence-corrected chi connectivity index (χ3v) is 4.14. The molecule has 7 nitrogen and oxygen atoms in total. The first-order valence-corrected chi connectivity index (χ1v) is 7.76. The fourth-order valence-corrected chi connectivity index (χ4v) is 2.96. The maximum absolute atomic E-state index is 13.0. The first-order chi connectivity index (χ1) is 12.1. The number of hydrogen-bond acceptors (Lipinski definition) is 6. The van der Waals surface area contributed by atoms with Crippen LogP contribution in [-0.2, 0) is 0 Å². The van der Waals surface area contributed by atoms with Crippen molar-refractivity contribution in [3.63, 3.8) is 0 Å². The van der Waals surface area contributed by atoms with Crippen LogP contribution in [0.25, 0.3) is 21.9 Å². The molecule has 2 aromatic heterocycles. The molecule has 25 heavy (non-hydrogen) atoms. The number of rotatable bonds is 3. The molecule has 124 valence electrons.